The van der Waals surface area contributed by atoms with Crippen molar-refractivity contribution in [2.75, 3.05) is 18.9 Å². The molecule has 0 aliphatic carbocycles. The summed E-state index contributed by atoms with van der Waals surface area (Å²) in [5.41, 5.74) is 2.30. The second kappa shape index (κ2) is 8.11. The number of anilines is 2. The van der Waals surface area contributed by atoms with Crippen LogP contribution in [0.1, 0.15) is 41.6 Å². The Morgan fingerprint density at radius 3 is 2.67 bits per heavy atom. The average molecular weight is 347 g/mol. The van der Waals surface area contributed by atoms with Crippen LogP contribution >= 0.6 is 11.6 Å². The summed E-state index contributed by atoms with van der Waals surface area (Å²) in [6, 6.07) is 7.27. The zero-order valence-electron chi connectivity index (χ0n) is 14.6. The van der Waals surface area contributed by atoms with E-state index in [9.17, 15) is 4.79 Å². The van der Waals surface area contributed by atoms with E-state index in [0.29, 0.717) is 22.4 Å². The predicted octanol–water partition coefficient (Wildman–Crippen LogP) is 4.36. The van der Waals surface area contributed by atoms with Crippen molar-refractivity contribution in [3.05, 3.63) is 46.4 Å². The lowest BCUT2D eigenvalue weighted by Crippen LogP contribution is -2.28. The van der Waals surface area contributed by atoms with E-state index in [1.54, 1.807) is 24.9 Å². The third-order valence-corrected chi connectivity index (χ3v) is 3.94. The highest BCUT2D eigenvalue weighted by Gasteiger charge is 2.15. The molecular weight excluding hydrogens is 324 g/mol. The van der Waals surface area contributed by atoms with Crippen molar-refractivity contribution in [1.82, 2.24) is 14.9 Å². The molecule has 1 aromatic carbocycles. The van der Waals surface area contributed by atoms with Gasteiger partial charge in [0.1, 0.15) is 17.3 Å². The summed E-state index contributed by atoms with van der Waals surface area (Å²) in [6.07, 6.45) is 2.02. The van der Waals surface area contributed by atoms with Gasteiger partial charge in [0.05, 0.1) is 0 Å². The van der Waals surface area contributed by atoms with Gasteiger partial charge in [0.2, 0.25) is 0 Å². The molecule has 1 aromatic heterocycles. The van der Waals surface area contributed by atoms with E-state index in [1.807, 2.05) is 25.1 Å². The first kappa shape index (κ1) is 18.2. The molecule has 0 saturated carbocycles. The number of rotatable bonds is 6. The number of nitrogens with one attached hydrogen (secondary N) is 1. The Balaban J connectivity index is 2.23. The Kier molecular flexibility index (Phi) is 6.15. The molecule has 24 heavy (non-hydrogen) atoms. The minimum atomic E-state index is -0.0928. The molecule has 1 N–H and O–H groups in total. The fourth-order valence-corrected chi connectivity index (χ4v) is 2.57. The first-order chi connectivity index (χ1) is 11.4. The largest absolute Gasteiger partial charge is 0.340 e. The van der Waals surface area contributed by atoms with Gasteiger partial charge in [0, 0.05) is 30.4 Å². The molecule has 0 radical (unpaired) electrons. The Labute approximate surface area is 148 Å². The van der Waals surface area contributed by atoms with E-state index in [1.165, 1.54) is 0 Å². The predicted molar refractivity (Wildman–Crippen MR) is 98.1 cm³/mol. The van der Waals surface area contributed by atoms with Gasteiger partial charge in [-0.15, -0.1) is 0 Å². The molecule has 6 heteroatoms. The molecule has 0 aliphatic heterocycles. The van der Waals surface area contributed by atoms with Crippen LogP contribution in [-0.2, 0) is 0 Å². The lowest BCUT2D eigenvalue weighted by Gasteiger charge is -2.17. The van der Waals surface area contributed by atoms with Crippen LogP contribution in [-0.4, -0.2) is 34.4 Å². The Morgan fingerprint density at radius 1 is 1.25 bits per heavy atom. The molecule has 0 unspecified atom stereocenters. The van der Waals surface area contributed by atoms with Crippen molar-refractivity contribution in [1.29, 1.82) is 0 Å². The second-order valence-corrected chi connectivity index (χ2v) is 6.29. The normalized spacial score (nSPS) is 10.5. The third-order valence-electron chi connectivity index (χ3n) is 3.70. The maximum absolute atomic E-state index is 12.5. The van der Waals surface area contributed by atoms with Gasteiger partial charge in [-0.05, 0) is 44.0 Å². The number of benzene rings is 1. The average Bonchev–Trinajstić information content (AvgIpc) is 2.54. The molecule has 0 aliphatic rings. The zero-order chi connectivity index (χ0) is 17.7. The molecule has 1 heterocycles. The maximum atomic E-state index is 12.5. The number of halogens is 1. The number of aromatic nitrogens is 2. The Morgan fingerprint density at radius 2 is 2.00 bits per heavy atom. The van der Waals surface area contributed by atoms with Gasteiger partial charge in [0.25, 0.3) is 5.91 Å². The minimum Gasteiger partial charge on any atom is -0.340 e. The summed E-state index contributed by atoms with van der Waals surface area (Å²) < 4.78 is 0. The Bertz CT molecular complexity index is 733. The van der Waals surface area contributed by atoms with Crippen molar-refractivity contribution < 1.29 is 4.79 Å². The van der Waals surface area contributed by atoms with Crippen LogP contribution in [0.2, 0.25) is 5.02 Å². The summed E-state index contributed by atoms with van der Waals surface area (Å²) in [6.45, 7) is 6.57. The smallest absolute Gasteiger partial charge is 0.272 e. The highest BCUT2D eigenvalue weighted by atomic mass is 35.5. The maximum Gasteiger partial charge on any atom is 0.272 e. The number of nitrogens with zero attached hydrogens (tertiary/aromatic N) is 3. The molecule has 1 amide bonds. The van der Waals surface area contributed by atoms with Crippen LogP contribution in [0.5, 0.6) is 0 Å². The highest BCUT2D eigenvalue weighted by molar-refractivity contribution is 6.30. The van der Waals surface area contributed by atoms with Gasteiger partial charge >= 0.3 is 0 Å². The topological polar surface area (TPSA) is 58.1 Å². The van der Waals surface area contributed by atoms with Crippen molar-refractivity contribution in [3.8, 4) is 0 Å². The van der Waals surface area contributed by atoms with Gasteiger partial charge in [0.15, 0.2) is 0 Å². The number of hydrogen-bond donors (Lipinski definition) is 1. The number of hydrogen-bond acceptors (Lipinski definition) is 4. The number of amides is 1. The lowest BCUT2D eigenvalue weighted by atomic mass is 10.2. The van der Waals surface area contributed by atoms with Crippen LogP contribution in [0.15, 0.2) is 24.3 Å². The molecular formula is C18H23ClN4O. The number of carbonyl (C=O) groups is 1. The quantitative estimate of drug-likeness (QED) is 0.844. The molecule has 0 atom stereocenters. The van der Waals surface area contributed by atoms with Crippen LogP contribution in [0.4, 0.5) is 11.5 Å². The van der Waals surface area contributed by atoms with Gasteiger partial charge in [-0.1, -0.05) is 24.9 Å². The molecule has 2 rings (SSSR count). The monoisotopic (exact) mass is 346 g/mol. The molecule has 128 valence electrons. The van der Waals surface area contributed by atoms with Crippen LogP contribution in [0.25, 0.3) is 0 Å². The SMILES string of the molecule is CCCCN(C)C(=O)c1cc(Nc2ccc(Cl)cc2C)nc(C)n1. The first-order valence-electron chi connectivity index (χ1n) is 8.05. The number of unbranched alkanes of at least 4 members (excludes halogenated alkanes) is 1. The Hall–Kier alpha value is -2.14. The molecule has 0 fully saturated rings. The van der Waals surface area contributed by atoms with Gasteiger partial charge in [-0.2, -0.15) is 0 Å². The lowest BCUT2D eigenvalue weighted by molar-refractivity contribution is 0.0787. The highest BCUT2D eigenvalue weighted by Crippen LogP contribution is 2.23. The van der Waals surface area contributed by atoms with Gasteiger partial charge in [-0.25, -0.2) is 9.97 Å². The van der Waals surface area contributed by atoms with E-state index in [4.69, 9.17) is 11.6 Å². The standard InChI is InChI=1S/C18H23ClN4O/c1-5-6-9-23(4)18(24)16-11-17(21-13(3)20-16)22-15-8-7-14(19)10-12(15)2/h7-8,10-11H,5-6,9H2,1-4H3,(H,20,21,22). The molecule has 0 spiro atoms. The zero-order valence-corrected chi connectivity index (χ0v) is 15.3. The van der Waals surface area contributed by atoms with Crippen molar-refractivity contribution in [3.63, 3.8) is 0 Å². The molecule has 2 aromatic rings. The summed E-state index contributed by atoms with van der Waals surface area (Å²) in [5, 5.41) is 3.92. The van der Waals surface area contributed by atoms with Crippen LogP contribution in [0.3, 0.4) is 0 Å². The second-order valence-electron chi connectivity index (χ2n) is 5.85. The number of carbonyl (C=O) groups excluding carboxylic acids is 1. The van der Waals surface area contributed by atoms with Crippen molar-refractivity contribution in [2.45, 2.75) is 33.6 Å². The van der Waals surface area contributed by atoms with E-state index in [2.05, 4.69) is 22.2 Å². The fourth-order valence-electron chi connectivity index (χ4n) is 2.34. The van der Waals surface area contributed by atoms with E-state index in [-0.39, 0.29) is 5.91 Å². The van der Waals surface area contributed by atoms with E-state index >= 15 is 0 Å². The number of aryl methyl sites for hydroxylation is 2. The molecule has 0 bridgehead atoms. The summed E-state index contributed by atoms with van der Waals surface area (Å²) in [4.78, 5) is 22.9. The van der Waals surface area contributed by atoms with Crippen molar-refractivity contribution >= 4 is 29.0 Å². The summed E-state index contributed by atoms with van der Waals surface area (Å²) in [7, 11) is 1.80. The molecule has 5 nitrogen and oxygen atoms in total. The van der Waals surface area contributed by atoms with E-state index in [0.717, 1.165) is 30.6 Å². The minimum absolute atomic E-state index is 0.0928. The van der Waals surface area contributed by atoms with Crippen molar-refractivity contribution in [2.24, 2.45) is 0 Å². The van der Waals surface area contributed by atoms with Gasteiger partial charge in [-0.3, -0.25) is 4.79 Å². The summed E-state index contributed by atoms with van der Waals surface area (Å²) >= 11 is 5.98. The fraction of sp³-hybridized carbons (Fsp3) is 0.389. The summed E-state index contributed by atoms with van der Waals surface area (Å²) in [5.74, 6) is 1.06. The molecule has 0 saturated heterocycles. The van der Waals surface area contributed by atoms with Crippen LogP contribution < -0.4 is 5.32 Å². The van der Waals surface area contributed by atoms with Gasteiger partial charge < -0.3 is 10.2 Å². The van der Waals surface area contributed by atoms with Crippen LogP contribution in [0, 0.1) is 13.8 Å². The third kappa shape index (κ3) is 4.68. The first-order valence-corrected chi connectivity index (χ1v) is 8.43. The van der Waals surface area contributed by atoms with E-state index < -0.39 is 0 Å².